The van der Waals surface area contributed by atoms with Crippen LogP contribution in [0.15, 0.2) is 36.5 Å². The number of para-hydroxylation sites is 1. The Bertz CT molecular complexity index is 1170. The molecule has 0 unspecified atom stereocenters. The highest BCUT2D eigenvalue weighted by Gasteiger charge is 2.28. The third-order valence-corrected chi connectivity index (χ3v) is 4.96. The first-order valence-electron chi connectivity index (χ1n) is 9.92. The molecule has 1 saturated carbocycles. The van der Waals surface area contributed by atoms with E-state index in [1.165, 1.54) is 25.3 Å². The summed E-state index contributed by atoms with van der Waals surface area (Å²) in [4.78, 5) is 30.2. The minimum absolute atomic E-state index is 0.0406. The zero-order valence-corrected chi connectivity index (χ0v) is 17.9. The number of carbonyl (C=O) groups is 2. The summed E-state index contributed by atoms with van der Waals surface area (Å²) in [5.41, 5.74) is 7.44. The van der Waals surface area contributed by atoms with Gasteiger partial charge in [0.2, 0.25) is 0 Å². The molecule has 0 spiro atoms. The topological polar surface area (TPSA) is 137 Å². The molecule has 0 radical (unpaired) electrons. The van der Waals surface area contributed by atoms with Crippen LogP contribution in [0, 0.1) is 0 Å². The number of primary amides is 1. The van der Waals surface area contributed by atoms with Crippen molar-refractivity contribution in [2.75, 3.05) is 19.3 Å². The lowest BCUT2D eigenvalue weighted by Gasteiger charge is -2.25. The number of hydrogen-bond donors (Lipinski definition) is 2. The van der Waals surface area contributed by atoms with Gasteiger partial charge in [0.1, 0.15) is 11.4 Å². The predicted molar refractivity (Wildman–Crippen MR) is 115 cm³/mol. The molecule has 1 fully saturated rings. The van der Waals surface area contributed by atoms with Crippen molar-refractivity contribution in [1.82, 2.24) is 25.3 Å². The van der Waals surface area contributed by atoms with E-state index in [0.29, 0.717) is 22.7 Å². The first kappa shape index (κ1) is 21.2. The molecule has 1 aliphatic rings. The zero-order valence-electron chi connectivity index (χ0n) is 17.9. The number of nitrogens with zero attached hydrogens (tertiary/aromatic N) is 5. The maximum atomic E-state index is 12.5. The predicted octanol–water partition coefficient (Wildman–Crippen LogP) is 1.58. The summed E-state index contributed by atoms with van der Waals surface area (Å²) in [5.74, 6) is -0.754. The number of nitrogens with two attached hydrogens (primary N) is 1. The number of carbonyl (C=O) groups excluding carboxylic acids is 2. The molecule has 1 aliphatic carbocycles. The molecule has 2 heterocycles. The molecule has 3 N–H and O–H groups in total. The number of ether oxygens (including phenoxy) is 1. The van der Waals surface area contributed by atoms with E-state index < -0.39 is 5.91 Å². The highest BCUT2D eigenvalue weighted by molar-refractivity contribution is 6.00. The Morgan fingerprint density at radius 2 is 1.97 bits per heavy atom. The first-order valence-corrected chi connectivity index (χ1v) is 9.92. The average Bonchev–Trinajstić information content (AvgIpc) is 3.50. The lowest BCUT2D eigenvalue weighted by atomic mass is 10.1. The molecule has 11 heteroatoms. The number of benzene rings is 1. The number of hydrogen-bond acceptors (Lipinski definition) is 8. The van der Waals surface area contributed by atoms with Crippen molar-refractivity contribution in [2.45, 2.75) is 18.9 Å². The second-order valence-corrected chi connectivity index (χ2v) is 7.28. The lowest BCUT2D eigenvalue weighted by molar-refractivity contribution is 0.0940. The Balaban J connectivity index is 1.82. The molecule has 1 aromatic carbocycles. The average molecular weight is 437 g/mol. The van der Waals surface area contributed by atoms with Gasteiger partial charge in [0.05, 0.1) is 19.9 Å². The number of amides is 2. The number of nitrogens with one attached hydrogen (secondary N) is 1. The van der Waals surface area contributed by atoms with Gasteiger partial charge in [-0.3, -0.25) is 19.1 Å². The molecule has 32 heavy (non-hydrogen) atoms. The minimum atomic E-state index is -0.816. The van der Waals surface area contributed by atoms with Gasteiger partial charge in [0.25, 0.3) is 11.8 Å². The normalized spacial score (nSPS) is 13.0. The molecule has 3 aromatic rings. The summed E-state index contributed by atoms with van der Waals surface area (Å²) >= 11 is 0. The van der Waals surface area contributed by atoms with Crippen molar-refractivity contribution in [3.05, 3.63) is 47.9 Å². The molecular weight excluding hydrogens is 414 g/mol. The van der Waals surface area contributed by atoms with Crippen LogP contribution < -0.4 is 20.9 Å². The van der Waals surface area contributed by atoms with E-state index in [1.54, 1.807) is 16.8 Å². The molecule has 0 aliphatic heterocycles. The highest BCUT2D eigenvalue weighted by Crippen LogP contribution is 2.41. The molecule has 4 rings (SSSR count). The van der Waals surface area contributed by atoms with Crippen molar-refractivity contribution < 1.29 is 19.2 Å². The maximum Gasteiger partial charge on any atom is 0.272 e. The largest absolute Gasteiger partial charge is 0.494 e. The lowest BCUT2D eigenvalue weighted by Crippen LogP contribution is -2.29. The Labute approximate surface area is 184 Å². The Kier molecular flexibility index (Phi) is 5.73. The van der Waals surface area contributed by atoms with Gasteiger partial charge in [-0.05, 0) is 37.1 Å². The van der Waals surface area contributed by atoms with Gasteiger partial charge in [-0.1, -0.05) is 6.07 Å². The van der Waals surface area contributed by atoms with Crippen molar-refractivity contribution in [1.29, 1.82) is 0 Å². The summed E-state index contributed by atoms with van der Waals surface area (Å²) in [6.07, 6.45) is 3.67. The number of aryl methyl sites for hydroxylation is 1. The Morgan fingerprint density at radius 3 is 2.56 bits per heavy atom. The summed E-state index contributed by atoms with van der Waals surface area (Å²) in [7, 11) is 4.76. The summed E-state index contributed by atoms with van der Waals surface area (Å²) in [6.45, 7) is 0. The Hall–Kier alpha value is -3.99. The van der Waals surface area contributed by atoms with Gasteiger partial charge < -0.3 is 15.8 Å². The fourth-order valence-corrected chi connectivity index (χ4v) is 3.30. The monoisotopic (exact) mass is 437 g/mol. The van der Waals surface area contributed by atoms with Gasteiger partial charge in [-0.15, -0.1) is 10.2 Å². The molecule has 166 valence electrons. The third-order valence-electron chi connectivity index (χ3n) is 4.96. The van der Waals surface area contributed by atoms with Crippen LogP contribution in [0.1, 0.15) is 33.8 Å². The van der Waals surface area contributed by atoms with E-state index in [2.05, 4.69) is 20.6 Å². The van der Waals surface area contributed by atoms with E-state index in [-0.39, 0.29) is 29.0 Å². The summed E-state index contributed by atoms with van der Waals surface area (Å²) < 4.78 is 7.36. The third kappa shape index (κ3) is 4.10. The van der Waals surface area contributed by atoms with Gasteiger partial charge in [-0.2, -0.15) is 5.10 Å². The van der Waals surface area contributed by atoms with Crippen LogP contribution in [0.2, 0.25) is 0 Å². The SMILES string of the molecule is COc1c(-c2ccn(C)n2)cccc1N(OC)c1cc(C(=O)NC2CC2)nnc1C(N)=O. The van der Waals surface area contributed by atoms with E-state index in [4.69, 9.17) is 15.3 Å². The molecule has 0 bridgehead atoms. The molecular formula is C21H23N7O4. The molecule has 0 saturated heterocycles. The van der Waals surface area contributed by atoms with Crippen LogP contribution in [0.4, 0.5) is 11.4 Å². The van der Waals surface area contributed by atoms with Crippen molar-refractivity contribution in [3.63, 3.8) is 0 Å². The van der Waals surface area contributed by atoms with E-state index in [1.807, 2.05) is 25.4 Å². The van der Waals surface area contributed by atoms with Crippen LogP contribution >= 0.6 is 0 Å². The summed E-state index contributed by atoms with van der Waals surface area (Å²) in [5, 5.41) is 16.4. The van der Waals surface area contributed by atoms with Crippen LogP contribution in [-0.2, 0) is 11.9 Å². The molecule has 2 amide bonds. The van der Waals surface area contributed by atoms with Gasteiger partial charge in [0.15, 0.2) is 17.1 Å². The smallest absolute Gasteiger partial charge is 0.272 e. The first-order chi connectivity index (χ1) is 15.4. The van der Waals surface area contributed by atoms with Crippen molar-refractivity contribution in [3.8, 4) is 17.0 Å². The van der Waals surface area contributed by atoms with Crippen LogP contribution in [0.3, 0.4) is 0 Å². The highest BCUT2D eigenvalue weighted by atomic mass is 16.7. The van der Waals surface area contributed by atoms with Crippen molar-refractivity contribution in [2.24, 2.45) is 12.8 Å². The van der Waals surface area contributed by atoms with Gasteiger partial charge in [-0.25, -0.2) is 5.06 Å². The second-order valence-electron chi connectivity index (χ2n) is 7.28. The number of aromatic nitrogens is 4. The van der Waals surface area contributed by atoms with Gasteiger partial charge >= 0.3 is 0 Å². The number of anilines is 2. The molecule has 11 nitrogen and oxygen atoms in total. The molecule has 0 atom stereocenters. The zero-order chi connectivity index (χ0) is 22.8. The standard InChI is InChI=1S/C21H23N7O4/c1-27-10-9-14(26-27)13-5-4-6-16(19(13)31-2)28(32-3)17-11-15(21(30)23-12-7-8-12)24-25-18(17)20(22)29/h4-6,9-12H,7-8H2,1-3H3,(H2,22,29)(H,23,30). The number of methoxy groups -OCH3 is 1. The molecule has 2 aromatic heterocycles. The van der Waals surface area contributed by atoms with E-state index in [0.717, 1.165) is 12.8 Å². The fraction of sp³-hybridized carbons (Fsp3) is 0.286. The quantitative estimate of drug-likeness (QED) is 0.507. The van der Waals surface area contributed by atoms with Crippen LogP contribution in [0.5, 0.6) is 5.75 Å². The minimum Gasteiger partial charge on any atom is -0.494 e. The van der Waals surface area contributed by atoms with Crippen LogP contribution in [0.25, 0.3) is 11.3 Å². The number of rotatable bonds is 8. The fourth-order valence-electron chi connectivity index (χ4n) is 3.30. The van der Waals surface area contributed by atoms with Gasteiger partial charge in [0, 0.05) is 24.8 Å². The summed E-state index contributed by atoms with van der Waals surface area (Å²) in [6, 6.07) is 8.80. The van der Waals surface area contributed by atoms with E-state index in [9.17, 15) is 9.59 Å². The maximum absolute atomic E-state index is 12.5. The Morgan fingerprint density at radius 1 is 1.19 bits per heavy atom. The second kappa shape index (κ2) is 8.63. The van der Waals surface area contributed by atoms with E-state index >= 15 is 0 Å². The van der Waals surface area contributed by atoms with Crippen LogP contribution in [-0.4, -0.2) is 52.1 Å². The van der Waals surface area contributed by atoms with Crippen molar-refractivity contribution >= 4 is 23.2 Å².